The lowest BCUT2D eigenvalue weighted by Gasteiger charge is -2.12. The molecule has 6 nitrogen and oxygen atoms in total. The molecule has 0 aromatic heterocycles. The highest BCUT2D eigenvalue weighted by atomic mass is 16.7. The summed E-state index contributed by atoms with van der Waals surface area (Å²) in [5, 5.41) is 0. The summed E-state index contributed by atoms with van der Waals surface area (Å²) in [6, 6.07) is 4.88. The predicted molar refractivity (Wildman–Crippen MR) is 76.5 cm³/mol. The molecule has 0 heterocycles. The van der Waals surface area contributed by atoms with Crippen molar-refractivity contribution in [1.82, 2.24) is 0 Å². The van der Waals surface area contributed by atoms with E-state index in [1.165, 1.54) is 20.3 Å². The number of allylic oxidation sites excluding steroid dienone is 1. The Kier molecular flexibility index (Phi) is 7.93. The molecule has 0 saturated heterocycles. The second-order valence-corrected chi connectivity index (χ2v) is 3.94. The largest absolute Gasteiger partial charge is 0.467 e. The van der Waals surface area contributed by atoms with E-state index in [9.17, 15) is 4.79 Å². The summed E-state index contributed by atoms with van der Waals surface area (Å²) < 4.78 is 25.5. The summed E-state index contributed by atoms with van der Waals surface area (Å²) in [4.78, 5) is 11.7. The summed E-state index contributed by atoms with van der Waals surface area (Å²) in [6.45, 7) is 2.07. The number of rotatable bonds is 9. The van der Waals surface area contributed by atoms with E-state index in [0.717, 1.165) is 6.42 Å². The van der Waals surface area contributed by atoms with Gasteiger partial charge in [0.15, 0.2) is 25.1 Å². The van der Waals surface area contributed by atoms with Crippen LogP contribution in [0.1, 0.15) is 13.3 Å². The molecular formula is C15H20O6. The van der Waals surface area contributed by atoms with Gasteiger partial charge in [-0.05, 0) is 18.6 Å². The third kappa shape index (κ3) is 6.29. The van der Waals surface area contributed by atoms with Crippen LogP contribution in [0, 0.1) is 0 Å². The van der Waals surface area contributed by atoms with Gasteiger partial charge in [0.25, 0.3) is 0 Å². The maximum atomic E-state index is 11.7. The molecule has 0 N–H and O–H groups in total. The Bertz CT molecular complexity index is 469. The van der Waals surface area contributed by atoms with Crippen LogP contribution in [0.4, 0.5) is 0 Å². The Morgan fingerprint density at radius 1 is 1.10 bits per heavy atom. The van der Waals surface area contributed by atoms with Gasteiger partial charge in [-0.2, -0.15) is 0 Å². The Hall–Kier alpha value is -2.05. The van der Waals surface area contributed by atoms with Crippen LogP contribution in [0.25, 0.3) is 0 Å². The number of ether oxygens (including phenoxy) is 5. The monoisotopic (exact) mass is 296 g/mol. The van der Waals surface area contributed by atoms with E-state index < -0.39 is 5.97 Å². The van der Waals surface area contributed by atoms with Gasteiger partial charge >= 0.3 is 5.97 Å². The van der Waals surface area contributed by atoms with Gasteiger partial charge in [0.05, 0.1) is 0 Å². The SMILES string of the molecule is CCC=CC(=O)Oc1cc(OCOC)ccc1OCOC. The molecule has 0 atom stereocenters. The zero-order valence-electron chi connectivity index (χ0n) is 12.5. The van der Waals surface area contributed by atoms with E-state index in [-0.39, 0.29) is 19.3 Å². The van der Waals surface area contributed by atoms with Crippen molar-refractivity contribution in [2.24, 2.45) is 0 Å². The van der Waals surface area contributed by atoms with Crippen LogP contribution < -0.4 is 14.2 Å². The first-order chi connectivity index (χ1) is 10.2. The standard InChI is InChI=1S/C15H20O6/c1-4-5-6-15(16)21-14-9-12(19-10-17-2)7-8-13(14)20-11-18-3/h5-9H,4,10-11H2,1-3H3. The van der Waals surface area contributed by atoms with Gasteiger partial charge in [0.1, 0.15) is 5.75 Å². The highest BCUT2D eigenvalue weighted by Gasteiger charge is 2.11. The van der Waals surface area contributed by atoms with Crippen molar-refractivity contribution in [1.29, 1.82) is 0 Å². The molecule has 1 aromatic carbocycles. The van der Waals surface area contributed by atoms with Gasteiger partial charge in [0, 0.05) is 26.4 Å². The quantitative estimate of drug-likeness (QED) is 0.302. The van der Waals surface area contributed by atoms with Crippen molar-refractivity contribution in [3.8, 4) is 17.2 Å². The molecule has 0 spiro atoms. The number of methoxy groups -OCH3 is 2. The van der Waals surface area contributed by atoms with Crippen LogP contribution in [0.5, 0.6) is 17.2 Å². The minimum absolute atomic E-state index is 0.0492. The van der Waals surface area contributed by atoms with Crippen LogP contribution in [0.2, 0.25) is 0 Å². The van der Waals surface area contributed by atoms with Crippen molar-refractivity contribution in [2.45, 2.75) is 13.3 Å². The first kappa shape index (κ1) is 17.0. The van der Waals surface area contributed by atoms with Crippen molar-refractivity contribution in [2.75, 3.05) is 27.8 Å². The fourth-order valence-corrected chi connectivity index (χ4v) is 1.38. The highest BCUT2D eigenvalue weighted by Crippen LogP contribution is 2.32. The highest BCUT2D eigenvalue weighted by molar-refractivity contribution is 5.84. The molecule has 0 bridgehead atoms. The van der Waals surface area contributed by atoms with Gasteiger partial charge in [-0.25, -0.2) is 4.79 Å². The van der Waals surface area contributed by atoms with Gasteiger partial charge in [-0.1, -0.05) is 13.0 Å². The maximum absolute atomic E-state index is 11.7. The lowest BCUT2D eigenvalue weighted by atomic mass is 10.3. The van der Waals surface area contributed by atoms with Crippen molar-refractivity contribution in [3.05, 3.63) is 30.4 Å². The third-order valence-corrected chi connectivity index (χ3v) is 2.29. The number of carbonyl (C=O) groups is 1. The van der Waals surface area contributed by atoms with Crippen LogP contribution in [0.3, 0.4) is 0 Å². The van der Waals surface area contributed by atoms with Crippen molar-refractivity contribution >= 4 is 5.97 Å². The zero-order valence-corrected chi connectivity index (χ0v) is 12.5. The smallest absolute Gasteiger partial charge is 0.335 e. The lowest BCUT2D eigenvalue weighted by Crippen LogP contribution is -2.08. The van der Waals surface area contributed by atoms with E-state index >= 15 is 0 Å². The van der Waals surface area contributed by atoms with Gasteiger partial charge in [0.2, 0.25) is 0 Å². The Balaban J connectivity index is 2.87. The van der Waals surface area contributed by atoms with Crippen LogP contribution in [-0.4, -0.2) is 33.8 Å². The predicted octanol–water partition coefficient (Wildman–Crippen LogP) is 2.52. The van der Waals surface area contributed by atoms with E-state index in [4.69, 9.17) is 23.7 Å². The topological polar surface area (TPSA) is 63.2 Å². The molecule has 6 heteroatoms. The Morgan fingerprint density at radius 3 is 2.48 bits per heavy atom. The van der Waals surface area contributed by atoms with Gasteiger partial charge in [-0.15, -0.1) is 0 Å². The molecule has 0 aliphatic heterocycles. The van der Waals surface area contributed by atoms with Crippen molar-refractivity contribution in [3.63, 3.8) is 0 Å². The Morgan fingerprint density at radius 2 is 1.81 bits per heavy atom. The zero-order chi connectivity index (χ0) is 15.5. The van der Waals surface area contributed by atoms with Gasteiger partial charge < -0.3 is 23.7 Å². The lowest BCUT2D eigenvalue weighted by molar-refractivity contribution is -0.129. The molecule has 0 saturated carbocycles. The normalized spacial score (nSPS) is 10.6. The second kappa shape index (κ2) is 9.79. The van der Waals surface area contributed by atoms with E-state index in [0.29, 0.717) is 11.5 Å². The summed E-state index contributed by atoms with van der Waals surface area (Å²) in [7, 11) is 3.03. The first-order valence-electron chi connectivity index (χ1n) is 6.47. The minimum Gasteiger partial charge on any atom is -0.467 e. The molecule has 0 unspecified atom stereocenters. The molecule has 21 heavy (non-hydrogen) atoms. The average Bonchev–Trinajstić information content (AvgIpc) is 2.50. The molecule has 0 aliphatic rings. The summed E-state index contributed by atoms with van der Waals surface area (Å²) in [6.07, 6.45) is 3.82. The van der Waals surface area contributed by atoms with Crippen LogP contribution in [-0.2, 0) is 14.3 Å². The number of benzene rings is 1. The first-order valence-corrected chi connectivity index (χ1v) is 6.47. The summed E-state index contributed by atoms with van der Waals surface area (Å²) in [5.74, 6) is 0.665. The van der Waals surface area contributed by atoms with Crippen molar-refractivity contribution < 1.29 is 28.5 Å². The van der Waals surface area contributed by atoms with Crippen LogP contribution >= 0.6 is 0 Å². The van der Waals surface area contributed by atoms with E-state index in [1.807, 2.05) is 6.92 Å². The molecule has 0 aliphatic carbocycles. The fraction of sp³-hybridized carbons (Fsp3) is 0.400. The molecule has 116 valence electrons. The number of esters is 1. The molecule has 1 rings (SSSR count). The molecule has 1 aromatic rings. The summed E-state index contributed by atoms with van der Waals surface area (Å²) in [5.41, 5.74) is 0. The van der Waals surface area contributed by atoms with E-state index in [2.05, 4.69) is 0 Å². The number of hydrogen-bond acceptors (Lipinski definition) is 6. The maximum Gasteiger partial charge on any atom is 0.335 e. The molecule has 0 amide bonds. The molecule has 0 fully saturated rings. The second-order valence-electron chi connectivity index (χ2n) is 3.94. The minimum atomic E-state index is -0.483. The van der Waals surface area contributed by atoms with Crippen LogP contribution in [0.15, 0.2) is 30.4 Å². The number of hydrogen-bond donors (Lipinski definition) is 0. The molecule has 0 radical (unpaired) electrons. The fourth-order valence-electron chi connectivity index (χ4n) is 1.38. The van der Waals surface area contributed by atoms with E-state index in [1.54, 1.807) is 24.3 Å². The average molecular weight is 296 g/mol. The van der Waals surface area contributed by atoms with Gasteiger partial charge in [-0.3, -0.25) is 0 Å². The molecular weight excluding hydrogens is 276 g/mol. The third-order valence-electron chi connectivity index (χ3n) is 2.29. The summed E-state index contributed by atoms with van der Waals surface area (Å²) >= 11 is 0. The number of carbonyl (C=O) groups excluding carboxylic acids is 1. The Labute approximate surface area is 124 Å².